The van der Waals surface area contributed by atoms with Crippen molar-refractivity contribution >= 4 is 11.6 Å². The number of benzene rings is 1. The number of fused-ring (bicyclic) bond motifs is 1. The van der Waals surface area contributed by atoms with Crippen molar-refractivity contribution in [1.29, 1.82) is 0 Å². The molecule has 18 heavy (non-hydrogen) atoms. The number of aromatic nitrogens is 2. The van der Waals surface area contributed by atoms with Crippen molar-refractivity contribution in [1.82, 2.24) is 9.55 Å². The lowest BCUT2D eigenvalue weighted by Crippen LogP contribution is -2.36. The van der Waals surface area contributed by atoms with Gasteiger partial charge in [0.1, 0.15) is 0 Å². The summed E-state index contributed by atoms with van der Waals surface area (Å²) in [6.45, 7) is 0.767. The average Bonchev–Trinajstić information content (AvgIpc) is 2.83. The molecule has 0 fully saturated rings. The highest BCUT2D eigenvalue weighted by molar-refractivity contribution is 6.04. The zero-order chi connectivity index (χ0) is 12.5. The van der Waals surface area contributed by atoms with E-state index >= 15 is 0 Å². The first-order chi connectivity index (χ1) is 8.77. The first kappa shape index (κ1) is 11.0. The van der Waals surface area contributed by atoms with Gasteiger partial charge in [0.15, 0.2) is 5.82 Å². The van der Waals surface area contributed by atoms with E-state index in [2.05, 4.69) is 11.1 Å². The van der Waals surface area contributed by atoms with Gasteiger partial charge in [-0.1, -0.05) is 18.2 Å². The van der Waals surface area contributed by atoms with Crippen molar-refractivity contribution < 1.29 is 4.79 Å². The Morgan fingerprint density at radius 1 is 1.33 bits per heavy atom. The summed E-state index contributed by atoms with van der Waals surface area (Å²) in [6.07, 6.45) is 5.50. The molecule has 2 heterocycles. The van der Waals surface area contributed by atoms with E-state index in [1.165, 1.54) is 5.56 Å². The smallest absolute Gasteiger partial charge is 0.294 e. The average molecular weight is 241 g/mol. The molecule has 1 aliphatic heterocycles. The van der Waals surface area contributed by atoms with Gasteiger partial charge in [0.25, 0.3) is 5.91 Å². The van der Waals surface area contributed by atoms with E-state index in [1.807, 2.05) is 30.1 Å². The molecule has 0 spiro atoms. The lowest BCUT2D eigenvalue weighted by molar-refractivity contribution is 0.0972. The van der Waals surface area contributed by atoms with Crippen molar-refractivity contribution in [3.8, 4) is 0 Å². The molecular formula is C14H15N3O. The van der Waals surface area contributed by atoms with Crippen LogP contribution in [-0.4, -0.2) is 22.0 Å². The van der Waals surface area contributed by atoms with Crippen LogP contribution in [0, 0.1) is 0 Å². The number of anilines is 1. The van der Waals surface area contributed by atoms with Crippen LogP contribution in [0.4, 0.5) is 5.69 Å². The van der Waals surface area contributed by atoms with Crippen LogP contribution >= 0.6 is 0 Å². The second-order valence-corrected chi connectivity index (χ2v) is 4.55. The number of hydrogen-bond donors (Lipinski definition) is 0. The normalized spacial score (nSPS) is 14.4. The van der Waals surface area contributed by atoms with E-state index < -0.39 is 0 Å². The van der Waals surface area contributed by atoms with Crippen LogP contribution in [0.2, 0.25) is 0 Å². The first-order valence-corrected chi connectivity index (χ1v) is 6.14. The fourth-order valence-electron chi connectivity index (χ4n) is 2.44. The summed E-state index contributed by atoms with van der Waals surface area (Å²) in [5, 5.41) is 0. The van der Waals surface area contributed by atoms with E-state index in [1.54, 1.807) is 17.0 Å². The highest BCUT2D eigenvalue weighted by atomic mass is 16.2. The number of amides is 1. The van der Waals surface area contributed by atoms with Gasteiger partial charge in [-0.2, -0.15) is 0 Å². The number of aryl methyl sites for hydroxylation is 2. The molecule has 0 unspecified atom stereocenters. The van der Waals surface area contributed by atoms with Gasteiger partial charge in [-0.05, 0) is 24.5 Å². The monoisotopic (exact) mass is 241 g/mol. The third-order valence-corrected chi connectivity index (χ3v) is 3.37. The molecular weight excluding hydrogens is 226 g/mol. The maximum absolute atomic E-state index is 12.5. The molecule has 0 bridgehead atoms. The van der Waals surface area contributed by atoms with Crippen LogP contribution in [0.15, 0.2) is 36.7 Å². The molecule has 1 amide bonds. The fraction of sp³-hybridized carbons (Fsp3) is 0.286. The third kappa shape index (κ3) is 1.70. The minimum absolute atomic E-state index is 0.0188. The van der Waals surface area contributed by atoms with Gasteiger partial charge in [-0.25, -0.2) is 4.98 Å². The van der Waals surface area contributed by atoms with Crippen molar-refractivity contribution in [3.05, 3.63) is 48.0 Å². The molecule has 1 aromatic carbocycles. The second kappa shape index (κ2) is 4.29. The summed E-state index contributed by atoms with van der Waals surface area (Å²) < 4.78 is 1.76. The SMILES string of the molecule is Cn1ccnc1C(=O)N1CCCc2ccccc21. The number of hydrogen-bond acceptors (Lipinski definition) is 2. The van der Waals surface area contributed by atoms with Gasteiger partial charge in [0.2, 0.25) is 0 Å². The van der Waals surface area contributed by atoms with E-state index in [0.717, 1.165) is 25.1 Å². The number of rotatable bonds is 1. The topological polar surface area (TPSA) is 38.1 Å². The highest BCUT2D eigenvalue weighted by Gasteiger charge is 2.25. The molecule has 1 aliphatic rings. The van der Waals surface area contributed by atoms with E-state index in [9.17, 15) is 4.79 Å². The molecule has 3 rings (SSSR count). The summed E-state index contributed by atoms with van der Waals surface area (Å²) >= 11 is 0. The Bertz CT molecular complexity index is 588. The zero-order valence-corrected chi connectivity index (χ0v) is 10.3. The van der Waals surface area contributed by atoms with E-state index in [-0.39, 0.29) is 5.91 Å². The maximum atomic E-state index is 12.5. The molecule has 0 saturated carbocycles. The van der Waals surface area contributed by atoms with Crippen molar-refractivity contribution in [3.63, 3.8) is 0 Å². The Kier molecular flexibility index (Phi) is 2.63. The number of carbonyl (C=O) groups is 1. The van der Waals surface area contributed by atoms with Gasteiger partial charge < -0.3 is 9.47 Å². The molecule has 0 N–H and O–H groups in total. The van der Waals surface area contributed by atoms with E-state index in [4.69, 9.17) is 0 Å². The largest absolute Gasteiger partial charge is 0.330 e. The van der Waals surface area contributed by atoms with Gasteiger partial charge in [0.05, 0.1) is 0 Å². The summed E-state index contributed by atoms with van der Waals surface area (Å²) in [5.74, 6) is 0.473. The molecule has 4 nitrogen and oxygen atoms in total. The predicted octanol–water partition coefficient (Wildman–Crippen LogP) is 2.01. The summed E-state index contributed by atoms with van der Waals surface area (Å²) in [7, 11) is 1.84. The Morgan fingerprint density at radius 3 is 2.94 bits per heavy atom. The summed E-state index contributed by atoms with van der Waals surface area (Å²) in [4.78, 5) is 18.5. The lowest BCUT2D eigenvalue weighted by Gasteiger charge is -2.29. The van der Waals surface area contributed by atoms with Gasteiger partial charge >= 0.3 is 0 Å². The molecule has 92 valence electrons. The van der Waals surface area contributed by atoms with Crippen LogP contribution in [0.3, 0.4) is 0 Å². The Balaban J connectivity index is 2.00. The van der Waals surface area contributed by atoms with Crippen molar-refractivity contribution in [2.75, 3.05) is 11.4 Å². The quantitative estimate of drug-likeness (QED) is 0.766. The Hall–Kier alpha value is -2.10. The van der Waals surface area contributed by atoms with Crippen LogP contribution in [0.25, 0.3) is 0 Å². The van der Waals surface area contributed by atoms with Crippen molar-refractivity contribution in [2.24, 2.45) is 7.05 Å². The first-order valence-electron chi connectivity index (χ1n) is 6.14. The fourth-order valence-corrected chi connectivity index (χ4v) is 2.44. The van der Waals surface area contributed by atoms with Crippen LogP contribution < -0.4 is 4.90 Å². The van der Waals surface area contributed by atoms with Gasteiger partial charge in [-0.3, -0.25) is 4.79 Å². The van der Waals surface area contributed by atoms with Crippen molar-refractivity contribution in [2.45, 2.75) is 12.8 Å². The van der Waals surface area contributed by atoms with Gasteiger partial charge in [-0.15, -0.1) is 0 Å². The number of para-hydroxylation sites is 1. The molecule has 0 atom stereocenters. The van der Waals surface area contributed by atoms with Gasteiger partial charge in [0, 0.05) is 31.7 Å². The highest BCUT2D eigenvalue weighted by Crippen LogP contribution is 2.27. The Labute approximate surface area is 106 Å². The number of nitrogens with zero attached hydrogens (tertiary/aromatic N) is 3. The maximum Gasteiger partial charge on any atom is 0.294 e. The zero-order valence-electron chi connectivity index (χ0n) is 10.3. The molecule has 0 saturated heterocycles. The molecule has 2 aromatic rings. The minimum Gasteiger partial charge on any atom is -0.330 e. The molecule has 0 radical (unpaired) electrons. The van der Waals surface area contributed by atoms with Crippen LogP contribution in [0.5, 0.6) is 0 Å². The second-order valence-electron chi connectivity index (χ2n) is 4.55. The molecule has 4 heteroatoms. The predicted molar refractivity (Wildman–Crippen MR) is 69.6 cm³/mol. The number of imidazole rings is 1. The standard InChI is InChI=1S/C14H15N3O/c1-16-10-8-15-13(16)14(18)17-9-4-6-11-5-2-3-7-12(11)17/h2-3,5,7-8,10H,4,6,9H2,1H3. The molecule has 1 aromatic heterocycles. The summed E-state index contributed by atoms with van der Waals surface area (Å²) in [5.41, 5.74) is 2.27. The number of carbonyl (C=O) groups excluding carboxylic acids is 1. The van der Waals surface area contributed by atoms with Crippen LogP contribution in [0.1, 0.15) is 22.6 Å². The lowest BCUT2D eigenvalue weighted by atomic mass is 10.0. The summed E-state index contributed by atoms with van der Waals surface area (Å²) in [6, 6.07) is 8.10. The van der Waals surface area contributed by atoms with Crippen LogP contribution in [-0.2, 0) is 13.5 Å². The Morgan fingerprint density at radius 2 is 2.17 bits per heavy atom. The van der Waals surface area contributed by atoms with E-state index in [0.29, 0.717) is 5.82 Å². The third-order valence-electron chi connectivity index (χ3n) is 3.37. The molecule has 0 aliphatic carbocycles. The minimum atomic E-state index is -0.0188.